The minimum Gasteiger partial charge on any atom is -0.497 e. The molecule has 9 nitrogen and oxygen atoms in total. The number of anilines is 2. The van der Waals surface area contributed by atoms with Crippen LogP contribution in [0.15, 0.2) is 85.5 Å². The van der Waals surface area contributed by atoms with Gasteiger partial charge in [0, 0.05) is 54.7 Å². The van der Waals surface area contributed by atoms with E-state index in [9.17, 15) is 4.79 Å². The van der Waals surface area contributed by atoms with Crippen LogP contribution in [0.5, 0.6) is 5.75 Å². The number of fused-ring (bicyclic) bond motifs is 1. The Bertz CT molecular complexity index is 1560. The van der Waals surface area contributed by atoms with Crippen molar-refractivity contribution in [3.63, 3.8) is 0 Å². The molecule has 5 aromatic rings. The topological polar surface area (TPSA) is 93.9 Å². The molecule has 0 unspecified atom stereocenters. The monoisotopic (exact) mass is 506 g/mol. The summed E-state index contributed by atoms with van der Waals surface area (Å²) in [5.74, 6) is 1.36. The maximum absolute atomic E-state index is 12.8. The van der Waals surface area contributed by atoms with E-state index in [2.05, 4.69) is 20.2 Å². The largest absolute Gasteiger partial charge is 0.497 e. The van der Waals surface area contributed by atoms with Gasteiger partial charge in [-0.3, -0.25) is 9.78 Å². The van der Waals surface area contributed by atoms with Crippen LogP contribution in [-0.2, 0) is 4.74 Å². The first-order chi connectivity index (χ1) is 18.7. The Morgan fingerprint density at radius 3 is 2.37 bits per heavy atom. The third-order valence-electron chi connectivity index (χ3n) is 6.53. The van der Waals surface area contributed by atoms with Crippen LogP contribution in [0.2, 0.25) is 0 Å². The zero-order valence-electron chi connectivity index (χ0n) is 20.9. The molecule has 3 aromatic heterocycles. The lowest BCUT2D eigenvalue weighted by molar-refractivity contribution is 0.102. The molecule has 0 bridgehead atoms. The Labute approximate surface area is 219 Å². The lowest BCUT2D eigenvalue weighted by atomic mass is 10.1. The fourth-order valence-electron chi connectivity index (χ4n) is 4.44. The zero-order valence-corrected chi connectivity index (χ0v) is 20.9. The standard InChI is InChI=1S/C29H26N6O3/c1-37-24-9-4-20(5-10-24)22-6-11-25(31-18-22)29(36)32-23-7-2-21(3-8-23)26-19-35-13-12-30-27(35)28(33-26)34-14-16-38-17-15-34/h2-13,18-19H,14-17H2,1H3,(H,32,36). The van der Waals surface area contributed by atoms with Crippen LogP contribution >= 0.6 is 0 Å². The van der Waals surface area contributed by atoms with Gasteiger partial charge in [-0.15, -0.1) is 0 Å². The van der Waals surface area contributed by atoms with Gasteiger partial charge in [0.05, 0.1) is 26.0 Å². The molecule has 1 saturated heterocycles. The quantitative estimate of drug-likeness (QED) is 0.361. The highest BCUT2D eigenvalue weighted by atomic mass is 16.5. The summed E-state index contributed by atoms with van der Waals surface area (Å²) in [7, 11) is 1.64. The van der Waals surface area contributed by atoms with Gasteiger partial charge in [-0.2, -0.15) is 0 Å². The Balaban J connectivity index is 1.17. The van der Waals surface area contributed by atoms with Gasteiger partial charge in [-0.25, -0.2) is 9.97 Å². The summed E-state index contributed by atoms with van der Waals surface area (Å²) in [6.07, 6.45) is 7.37. The van der Waals surface area contributed by atoms with E-state index in [4.69, 9.17) is 14.5 Å². The maximum atomic E-state index is 12.8. The number of carbonyl (C=O) groups is 1. The van der Waals surface area contributed by atoms with Crippen LogP contribution in [0.4, 0.5) is 11.5 Å². The highest BCUT2D eigenvalue weighted by molar-refractivity contribution is 6.03. The number of carbonyl (C=O) groups excluding carboxylic acids is 1. The summed E-state index contributed by atoms with van der Waals surface area (Å²) in [4.78, 5) is 28.8. The number of rotatable bonds is 6. The van der Waals surface area contributed by atoms with Gasteiger partial charge in [0.25, 0.3) is 5.91 Å². The van der Waals surface area contributed by atoms with Crippen molar-refractivity contribution in [2.75, 3.05) is 43.6 Å². The molecule has 2 aromatic carbocycles. The first-order valence-electron chi connectivity index (χ1n) is 12.4. The molecule has 1 amide bonds. The van der Waals surface area contributed by atoms with Crippen LogP contribution in [-0.4, -0.2) is 58.7 Å². The number of nitrogens with zero attached hydrogens (tertiary/aromatic N) is 5. The molecule has 1 aliphatic heterocycles. The molecule has 1 N–H and O–H groups in total. The summed E-state index contributed by atoms with van der Waals surface area (Å²) < 4.78 is 12.7. The Morgan fingerprint density at radius 2 is 1.66 bits per heavy atom. The van der Waals surface area contributed by atoms with Gasteiger partial charge < -0.3 is 24.1 Å². The molecule has 1 fully saturated rings. The summed E-state index contributed by atoms with van der Waals surface area (Å²) in [5, 5.41) is 2.92. The number of methoxy groups -OCH3 is 1. The molecule has 1 aliphatic rings. The van der Waals surface area contributed by atoms with E-state index in [1.54, 1.807) is 25.6 Å². The second kappa shape index (κ2) is 10.3. The van der Waals surface area contributed by atoms with Crippen LogP contribution in [0.3, 0.4) is 0 Å². The smallest absolute Gasteiger partial charge is 0.274 e. The average Bonchev–Trinajstić information content (AvgIpc) is 3.47. The SMILES string of the molecule is COc1ccc(-c2ccc(C(=O)Nc3ccc(-c4cn5ccnc5c(N5CCOCC5)n4)cc3)nc2)cc1. The Kier molecular flexibility index (Phi) is 6.41. The number of benzene rings is 2. The molecule has 0 atom stereocenters. The number of amides is 1. The van der Waals surface area contributed by atoms with E-state index in [0.29, 0.717) is 24.6 Å². The summed E-state index contributed by atoms with van der Waals surface area (Å²) in [5.41, 5.74) is 5.53. The normalized spacial score (nSPS) is 13.4. The van der Waals surface area contributed by atoms with Crippen LogP contribution in [0, 0.1) is 0 Å². The Morgan fingerprint density at radius 1 is 0.921 bits per heavy atom. The maximum Gasteiger partial charge on any atom is 0.274 e. The second-order valence-corrected chi connectivity index (χ2v) is 8.90. The first-order valence-corrected chi connectivity index (χ1v) is 12.4. The van der Waals surface area contributed by atoms with Crippen molar-refractivity contribution in [2.24, 2.45) is 0 Å². The van der Waals surface area contributed by atoms with Crippen molar-refractivity contribution < 1.29 is 14.3 Å². The molecule has 0 aliphatic carbocycles. The molecule has 0 radical (unpaired) electrons. The fourth-order valence-corrected chi connectivity index (χ4v) is 4.44. The first kappa shape index (κ1) is 23.6. The zero-order chi connectivity index (χ0) is 25.9. The predicted molar refractivity (Wildman–Crippen MR) is 146 cm³/mol. The number of imidazole rings is 1. The molecule has 9 heteroatoms. The molecule has 190 valence electrons. The summed E-state index contributed by atoms with van der Waals surface area (Å²) in [6, 6.07) is 18.9. The van der Waals surface area contributed by atoms with Crippen molar-refractivity contribution in [3.8, 4) is 28.1 Å². The van der Waals surface area contributed by atoms with E-state index < -0.39 is 0 Å². The van der Waals surface area contributed by atoms with Gasteiger partial charge in [-0.1, -0.05) is 30.3 Å². The lowest BCUT2D eigenvalue weighted by Crippen LogP contribution is -2.37. The average molecular weight is 507 g/mol. The van der Waals surface area contributed by atoms with Gasteiger partial charge in [0.2, 0.25) is 0 Å². The van der Waals surface area contributed by atoms with Crippen molar-refractivity contribution >= 4 is 23.1 Å². The number of aromatic nitrogens is 4. The molecular weight excluding hydrogens is 480 g/mol. The molecule has 38 heavy (non-hydrogen) atoms. The van der Waals surface area contributed by atoms with Gasteiger partial charge in [0.1, 0.15) is 11.4 Å². The van der Waals surface area contributed by atoms with Crippen LogP contribution in [0.1, 0.15) is 10.5 Å². The fraction of sp³-hybridized carbons (Fsp3) is 0.172. The van der Waals surface area contributed by atoms with E-state index in [0.717, 1.165) is 52.7 Å². The minimum atomic E-state index is -0.272. The highest BCUT2D eigenvalue weighted by Gasteiger charge is 2.18. The third kappa shape index (κ3) is 4.79. The predicted octanol–water partition coefficient (Wildman–Crippen LogP) is 4.56. The van der Waals surface area contributed by atoms with Gasteiger partial charge >= 0.3 is 0 Å². The Hall–Kier alpha value is -4.76. The van der Waals surface area contributed by atoms with E-state index >= 15 is 0 Å². The second-order valence-electron chi connectivity index (χ2n) is 8.90. The lowest BCUT2D eigenvalue weighted by Gasteiger charge is -2.28. The molecule has 4 heterocycles. The summed E-state index contributed by atoms with van der Waals surface area (Å²) in [6.45, 7) is 2.90. The number of nitrogens with one attached hydrogen (secondary N) is 1. The number of ether oxygens (including phenoxy) is 2. The highest BCUT2D eigenvalue weighted by Crippen LogP contribution is 2.26. The molecule has 0 spiro atoms. The molecular formula is C29H26N6O3. The number of hydrogen-bond acceptors (Lipinski definition) is 7. The number of morpholine rings is 1. The summed E-state index contributed by atoms with van der Waals surface area (Å²) >= 11 is 0. The van der Waals surface area contributed by atoms with Crippen molar-refractivity contribution in [3.05, 3.63) is 91.1 Å². The van der Waals surface area contributed by atoms with Crippen molar-refractivity contribution in [2.45, 2.75) is 0 Å². The van der Waals surface area contributed by atoms with E-state index in [1.165, 1.54) is 0 Å². The number of hydrogen-bond donors (Lipinski definition) is 1. The number of pyridine rings is 1. The van der Waals surface area contributed by atoms with Crippen molar-refractivity contribution in [1.29, 1.82) is 0 Å². The van der Waals surface area contributed by atoms with Crippen LogP contribution in [0.25, 0.3) is 28.0 Å². The van der Waals surface area contributed by atoms with E-state index in [1.807, 2.05) is 71.4 Å². The van der Waals surface area contributed by atoms with E-state index in [-0.39, 0.29) is 5.91 Å². The molecule has 0 saturated carbocycles. The van der Waals surface area contributed by atoms with Crippen LogP contribution < -0.4 is 15.0 Å². The minimum absolute atomic E-state index is 0.272. The van der Waals surface area contributed by atoms with Gasteiger partial charge in [0.15, 0.2) is 11.5 Å². The van der Waals surface area contributed by atoms with Gasteiger partial charge in [-0.05, 0) is 35.9 Å². The molecule has 6 rings (SSSR count). The third-order valence-corrected chi connectivity index (χ3v) is 6.53. The van der Waals surface area contributed by atoms with Crippen molar-refractivity contribution in [1.82, 2.24) is 19.4 Å².